The van der Waals surface area contributed by atoms with Crippen LogP contribution in [0.15, 0.2) is 89.3 Å². The summed E-state index contributed by atoms with van der Waals surface area (Å²) < 4.78 is 45.4. The SMILES string of the molecule is CC1(C)CC(=O)C2=C(C1)N(Cc1ccccc1)C1=C(C(=O)CC(C)(C)C1)C2c1ccc(Oc2ccc(C(F)(F)F)cc2[N+](=O)[O-])c(Cl)c1. The normalized spacial score (nSPS) is 19.3. The van der Waals surface area contributed by atoms with Crippen LogP contribution in [0.25, 0.3) is 0 Å². The number of benzene rings is 3. The van der Waals surface area contributed by atoms with Gasteiger partial charge in [-0.05, 0) is 59.1 Å². The maximum Gasteiger partial charge on any atom is 0.416 e. The minimum Gasteiger partial charge on any atom is -0.449 e. The average Bonchev–Trinajstić information content (AvgIpc) is 2.97. The van der Waals surface area contributed by atoms with Crippen molar-refractivity contribution in [3.8, 4) is 11.5 Å². The molecule has 0 fully saturated rings. The van der Waals surface area contributed by atoms with E-state index in [-0.39, 0.29) is 33.2 Å². The van der Waals surface area contributed by atoms with E-state index < -0.39 is 34.0 Å². The number of carbonyl (C=O) groups is 2. The Hall–Kier alpha value is -4.44. The van der Waals surface area contributed by atoms with E-state index in [1.165, 1.54) is 6.07 Å². The summed E-state index contributed by atoms with van der Waals surface area (Å²) in [5, 5.41) is 11.7. The first-order chi connectivity index (χ1) is 22.4. The molecular formula is C37H34ClF3N2O5. The Morgan fingerprint density at radius 1 is 0.854 bits per heavy atom. The van der Waals surface area contributed by atoms with Gasteiger partial charge in [-0.15, -0.1) is 0 Å². The van der Waals surface area contributed by atoms with Crippen LogP contribution in [0.2, 0.25) is 5.02 Å². The molecule has 0 bridgehead atoms. The summed E-state index contributed by atoms with van der Waals surface area (Å²) in [5.41, 5.74) is 1.82. The van der Waals surface area contributed by atoms with E-state index in [1.807, 2.05) is 30.3 Å². The highest BCUT2D eigenvalue weighted by atomic mass is 35.5. The summed E-state index contributed by atoms with van der Waals surface area (Å²) in [6.45, 7) is 8.75. The first kappa shape index (κ1) is 33.5. The second-order valence-corrected chi connectivity index (χ2v) is 14.7. The van der Waals surface area contributed by atoms with Crippen LogP contribution >= 0.6 is 11.6 Å². The predicted octanol–water partition coefficient (Wildman–Crippen LogP) is 9.95. The summed E-state index contributed by atoms with van der Waals surface area (Å²) in [6.07, 6.45) is -2.94. The number of nitro groups is 1. The average molecular weight is 679 g/mol. The number of ketones is 2. The van der Waals surface area contributed by atoms with Crippen LogP contribution in [0.5, 0.6) is 11.5 Å². The van der Waals surface area contributed by atoms with Crippen LogP contribution in [-0.2, 0) is 22.3 Å². The third-order valence-electron chi connectivity index (χ3n) is 9.20. The molecule has 250 valence electrons. The van der Waals surface area contributed by atoms with Crippen LogP contribution in [0.3, 0.4) is 0 Å². The molecule has 0 atom stereocenters. The van der Waals surface area contributed by atoms with Gasteiger partial charge in [-0.25, -0.2) is 0 Å². The molecule has 3 aromatic carbocycles. The molecule has 0 amide bonds. The Morgan fingerprint density at radius 2 is 1.42 bits per heavy atom. The number of carbonyl (C=O) groups excluding carboxylic acids is 2. The van der Waals surface area contributed by atoms with E-state index in [9.17, 15) is 32.9 Å². The maximum absolute atomic E-state index is 14.1. The van der Waals surface area contributed by atoms with Crippen molar-refractivity contribution < 1.29 is 32.4 Å². The molecule has 6 rings (SSSR count). The quantitative estimate of drug-likeness (QED) is 0.190. The summed E-state index contributed by atoms with van der Waals surface area (Å²) >= 11 is 6.70. The molecule has 2 aliphatic carbocycles. The molecular weight excluding hydrogens is 645 g/mol. The number of Topliss-reactive ketones (excluding diaryl/α,β-unsaturated/α-hetero) is 2. The second-order valence-electron chi connectivity index (χ2n) is 14.3. The number of nitrogens with zero attached hydrogens (tertiary/aromatic N) is 2. The third-order valence-corrected chi connectivity index (χ3v) is 9.49. The molecule has 3 aliphatic rings. The van der Waals surface area contributed by atoms with Crippen molar-refractivity contribution in [2.75, 3.05) is 0 Å². The van der Waals surface area contributed by atoms with Crippen molar-refractivity contribution in [1.29, 1.82) is 0 Å². The van der Waals surface area contributed by atoms with Gasteiger partial charge in [0, 0.05) is 53.9 Å². The zero-order valence-electron chi connectivity index (χ0n) is 26.9. The Bertz CT molecular complexity index is 1860. The maximum atomic E-state index is 14.1. The van der Waals surface area contributed by atoms with Crippen molar-refractivity contribution in [1.82, 2.24) is 4.90 Å². The van der Waals surface area contributed by atoms with E-state index in [0.717, 1.165) is 23.0 Å². The number of nitro benzene ring substituents is 1. The van der Waals surface area contributed by atoms with Gasteiger partial charge in [-0.2, -0.15) is 13.2 Å². The number of hydrogen-bond acceptors (Lipinski definition) is 6. The third kappa shape index (κ3) is 6.38. The van der Waals surface area contributed by atoms with Crippen LogP contribution in [-0.4, -0.2) is 21.4 Å². The van der Waals surface area contributed by atoms with Crippen LogP contribution in [0.1, 0.15) is 76.0 Å². The molecule has 48 heavy (non-hydrogen) atoms. The van der Waals surface area contributed by atoms with Gasteiger partial charge >= 0.3 is 11.9 Å². The zero-order chi connectivity index (χ0) is 34.8. The predicted molar refractivity (Wildman–Crippen MR) is 174 cm³/mol. The lowest BCUT2D eigenvalue weighted by molar-refractivity contribution is -0.385. The number of allylic oxidation sites excluding steroid dienone is 4. The van der Waals surface area contributed by atoms with Crippen molar-refractivity contribution in [2.45, 2.75) is 72.0 Å². The van der Waals surface area contributed by atoms with Gasteiger partial charge in [0.15, 0.2) is 11.6 Å². The van der Waals surface area contributed by atoms with Gasteiger partial charge in [0.25, 0.3) is 0 Å². The summed E-state index contributed by atoms with van der Waals surface area (Å²) in [6, 6.07) is 16.6. The van der Waals surface area contributed by atoms with E-state index >= 15 is 0 Å². The van der Waals surface area contributed by atoms with E-state index in [1.54, 1.807) is 12.1 Å². The first-order valence-corrected chi connectivity index (χ1v) is 16.0. The number of halogens is 4. The number of rotatable bonds is 6. The fourth-order valence-corrected chi connectivity index (χ4v) is 7.39. The molecule has 0 aromatic heterocycles. The number of hydrogen-bond donors (Lipinski definition) is 0. The first-order valence-electron chi connectivity index (χ1n) is 15.6. The lowest BCUT2D eigenvalue weighted by Crippen LogP contribution is -2.44. The molecule has 0 spiro atoms. The molecule has 0 unspecified atom stereocenters. The topological polar surface area (TPSA) is 89.8 Å². The Labute approximate surface area is 281 Å². The zero-order valence-corrected chi connectivity index (χ0v) is 27.7. The van der Waals surface area contributed by atoms with Gasteiger partial charge in [0.1, 0.15) is 5.75 Å². The van der Waals surface area contributed by atoms with Crippen molar-refractivity contribution in [3.05, 3.63) is 121 Å². The van der Waals surface area contributed by atoms with Crippen LogP contribution in [0, 0.1) is 20.9 Å². The molecule has 3 aromatic rings. The molecule has 7 nitrogen and oxygen atoms in total. The molecule has 0 radical (unpaired) electrons. The largest absolute Gasteiger partial charge is 0.449 e. The number of alkyl halides is 3. The van der Waals surface area contributed by atoms with Gasteiger partial charge in [-0.1, -0.05) is 75.7 Å². The minimum atomic E-state index is -4.78. The Kier molecular flexibility index (Phi) is 8.30. The van der Waals surface area contributed by atoms with Gasteiger partial charge in [-0.3, -0.25) is 19.7 Å². The molecule has 1 heterocycles. The number of ether oxygens (including phenoxy) is 1. The highest BCUT2D eigenvalue weighted by Crippen LogP contribution is 2.55. The summed E-state index contributed by atoms with van der Waals surface area (Å²) in [4.78, 5) is 41.1. The smallest absolute Gasteiger partial charge is 0.416 e. The molecule has 0 saturated carbocycles. The van der Waals surface area contributed by atoms with Crippen molar-refractivity contribution in [2.24, 2.45) is 10.8 Å². The minimum absolute atomic E-state index is 0.0184. The van der Waals surface area contributed by atoms with Gasteiger partial charge in [0.05, 0.1) is 15.5 Å². The lowest BCUT2D eigenvalue weighted by atomic mass is 9.63. The Balaban J connectivity index is 1.47. The van der Waals surface area contributed by atoms with Crippen molar-refractivity contribution >= 4 is 28.9 Å². The van der Waals surface area contributed by atoms with Crippen LogP contribution in [0.4, 0.5) is 18.9 Å². The molecule has 0 saturated heterocycles. The molecule has 1 aliphatic heterocycles. The standard InChI is InChI=1S/C37H34ClF3N2O5/c1-35(2)16-26-33(28(44)18-35)32(34-27(17-36(3,4)19-29(34)45)42(26)20-21-8-6-5-7-9-21)22-10-12-30(24(38)14-22)48-31-13-11-23(37(39,40)41)15-25(31)43(46)47/h5-15,32H,16-20H2,1-4H3. The fraction of sp³-hybridized carbons (Fsp3) is 0.351. The van der Waals surface area contributed by atoms with Gasteiger partial charge < -0.3 is 9.64 Å². The summed E-state index contributed by atoms with van der Waals surface area (Å²) in [5.74, 6) is -1.24. The fourth-order valence-electron chi connectivity index (χ4n) is 7.16. The van der Waals surface area contributed by atoms with Gasteiger partial charge in [0.2, 0.25) is 5.75 Å². The van der Waals surface area contributed by atoms with E-state index in [4.69, 9.17) is 16.3 Å². The summed E-state index contributed by atoms with van der Waals surface area (Å²) in [7, 11) is 0. The highest BCUT2D eigenvalue weighted by molar-refractivity contribution is 6.32. The van der Waals surface area contributed by atoms with E-state index in [2.05, 4.69) is 32.6 Å². The van der Waals surface area contributed by atoms with Crippen LogP contribution < -0.4 is 4.74 Å². The van der Waals surface area contributed by atoms with Crippen molar-refractivity contribution in [3.63, 3.8) is 0 Å². The molecule has 11 heteroatoms. The monoisotopic (exact) mass is 678 g/mol. The lowest BCUT2D eigenvalue weighted by Gasteiger charge is -2.49. The Morgan fingerprint density at radius 3 is 1.94 bits per heavy atom. The molecule has 0 N–H and O–H groups in total. The highest BCUT2D eigenvalue weighted by Gasteiger charge is 2.49. The second kappa shape index (κ2) is 11.9. The van der Waals surface area contributed by atoms with E-state index in [0.29, 0.717) is 61.1 Å².